The highest BCUT2D eigenvalue weighted by atomic mass is 32.2. The summed E-state index contributed by atoms with van der Waals surface area (Å²) in [7, 11) is 0. The molecular weight excluding hydrogens is 329 g/mol. The first-order valence-electron chi connectivity index (χ1n) is 7.03. The maximum Gasteiger partial charge on any atom is 0.235 e. The summed E-state index contributed by atoms with van der Waals surface area (Å²) in [5.74, 6) is 5.54. The molecule has 0 radical (unpaired) electrons. The molecule has 0 saturated carbocycles. The fraction of sp³-hybridized carbons (Fsp3) is 0.0625. The van der Waals surface area contributed by atoms with E-state index < -0.39 is 11.2 Å². The molecule has 122 valence electrons. The predicted molar refractivity (Wildman–Crippen MR) is 89.8 cm³/mol. The van der Waals surface area contributed by atoms with Gasteiger partial charge in [-0.25, -0.2) is 9.07 Å². The number of hydrogen-bond donors (Lipinski definition) is 2. The van der Waals surface area contributed by atoms with E-state index in [0.29, 0.717) is 16.5 Å². The van der Waals surface area contributed by atoms with Gasteiger partial charge in [0.1, 0.15) is 11.1 Å². The average molecular weight is 343 g/mol. The normalized spacial score (nSPS) is 12.0. The number of halogens is 1. The summed E-state index contributed by atoms with van der Waals surface area (Å²) in [6.45, 7) is 0. The molecule has 0 aliphatic carbocycles. The average Bonchev–Trinajstić information content (AvgIpc) is 2.94. The maximum atomic E-state index is 13.0. The minimum absolute atomic E-state index is 0.335. The molecule has 6 nitrogen and oxygen atoms in total. The van der Waals surface area contributed by atoms with Crippen molar-refractivity contribution >= 4 is 17.7 Å². The SMILES string of the molecule is NC(=O)C(Sc1nnc(-c2ccc(F)cc2)n1N)c1ccccc1. The lowest BCUT2D eigenvalue weighted by Gasteiger charge is -2.12. The van der Waals surface area contributed by atoms with Crippen LogP contribution >= 0.6 is 11.8 Å². The van der Waals surface area contributed by atoms with Crippen molar-refractivity contribution in [3.05, 3.63) is 66.0 Å². The number of hydrogen-bond acceptors (Lipinski definition) is 5. The Morgan fingerprint density at radius 2 is 1.75 bits per heavy atom. The van der Waals surface area contributed by atoms with Gasteiger partial charge >= 0.3 is 0 Å². The molecule has 8 heteroatoms. The van der Waals surface area contributed by atoms with Crippen LogP contribution in [0.15, 0.2) is 59.8 Å². The predicted octanol–water partition coefficient (Wildman–Crippen LogP) is 2.12. The molecule has 2 aromatic carbocycles. The fourth-order valence-electron chi connectivity index (χ4n) is 2.18. The highest BCUT2D eigenvalue weighted by Crippen LogP contribution is 2.34. The molecule has 3 rings (SSSR count). The fourth-order valence-corrected chi connectivity index (χ4v) is 3.09. The Bertz CT molecular complexity index is 851. The molecule has 0 aliphatic heterocycles. The van der Waals surface area contributed by atoms with Gasteiger partial charge in [0.2, 0.25) is 11.1 Å². The molecular formula is C16H14FN5OS. The second-order valence-electron chi connectivity index (χ2n) is 4.99. The van der Waals surface area contributed by atoms with Crippen LogP contribution in [0.2, 0.25) is 0 Å². The maximum absolute atomic E-state index is 13.0. The highest BCUT2D eigenvalue weighted by Gasteiger charge is 2.23. The summed E-state index contributed by atoms with van der Waals surface area (Å²) in [6.07, 6.45) is 0. The Morgan fingerprint density at radius 3 is 2.38 bits per heavy atom. The first kappa shape index (κ1) is 16.0. The lowest BCUT2D eigenvalue weighted by molar-refractivity contribution is -0.117. The third-order valence-electron chi connectivity index (χ3n) is 3.35. The Hall–Kier alpha value is -2.87. The number of primary amides is 1. The van der Waals surface area contributed by atoms with E-state index in [1.165, 1.54) is 16.8 Å². The Kier molecular flexibility index (Phi) is 4.48. The third-order valence-corrected chi connectivity index (χ3v) is 4.58. The van der Waals surface area contributed by atoms with Crippen LogP contribution < -0.4 is 11.6 Å². The second kappa shape index (κ2) is 6.71. The van der Waals surface area contributed by atoms with Crippen LogP contribution in [0.25, 0.3) is 11.4 Å². The molecule has 0 fully saturated rings. The van der Waals surface area contributed by atoms with Gasteiger partial charge in [0.05, 0.1) is 0 Å². The van der Waals surface area contributed by atoms with Crippen LogP contribution in [0.1, 0.15) is 10.8 Å². The Balaban J connectivity index is 1.90. The van der Waals surface area contributed by atoms with E-state index >= 15 is 0 Å². The number of amides is 1. The van der Waals surface area contributed by atoms with Gasteiger partial charge in [-0.3, -0.25) is 4.79 Å². The van der Waals surface area contributed by atoms with Gasteiger partial charge in [0.15, 0.2) is 5.82 Å². The van der Waals surface area contributed by atoms with E-state index in [1.54, 1.807) is 24.3 Å². The van der Waals surface area contributed by atoms with Crippen molar-refractivity contribution in [3.63, 3.8) is 0 Å². The summed E-state index contributed by atoms with van der Waals surface area (Å²) in [6, 6.07) is 14.8. The van der Waals surface area contributed by atoms with Gasteiger partial charge < -0.3 is 11.6 Å². The zero-order valence-electron chi connectivity index (χ0n) is 12.5. The third kappa shape index (κ3) is 3.23. The molecule has 3 aromatic rings. The van der Waals surface area contributed by atoms with E-state index in [4.69, 9.17) is 11.6 Å². The molecule has 0 bridgehead atoms. The van der Waals surface area contributed by atoms with E-state index in [1.807, 2.05) is 18.2 Å². The monoisotopic (exact) mass is 343 g/mol. The van der Waals surface area contributed by atoms with E-state index in [2.05, 4.69) is 10.2 Å². The van der Waals surface area contributed by atoms with Crippen molar-refractivity contribution in [1.29, 1.82) is 0 Å². The molecule has 1 amide bonds. The van der Waals surface area contributed by atoms with Gasteiger partial charge in [-0.15, -0.1) is 10.2 Å². The number of thioether (sulfide) groups is 1. The molecule has 1 aromatic heterocycles. The second-order valence-corrected chi connectivity index (χ2v) is 6.07. The molecule has 0 spiro atoms. The highest BCUT2D eigenvalue weighted by molar-refractivity contribution is 8.00. The number of nitrogen functional groups attached to an aromatic ring is 1. The largest absolute Gasteiger partial charge is 0.368 e. The van der Waals surface area contributed by atoms with Crippen LogP contribution in [-0.2, 0) is 4.79 Å². The van der Waals surface area contributed by atoms with Crippen LogP contribution in [0.5, 0.6) is 0 Å². The summed E-state index contributed by atoms with van der Waals surface area (Å²) >= 11 is 1.11. The number of nitrogens with zero attached hydrogens (tertiary/aromatic N) is 3. The van der Waals surface area contributed by atoms with Crippen molar-refractivity contribution in [2.24, 2.45) is 5.73 Å². The van der Waals surface area contributed by atoms with Gasteiger partial charge in [-0.2, -0.15) is 0 Å². The smallest absolute Gasteiger partial charge is 0.235 e. The van der Waals surface area contributed by atoms with Crippen molar-refractivity contribution in [2.75, 3.05) is 5.84 Å². The standard InChI is InChI=1S/C16H14FN5OS/c17-12-8-6-11(7-9-12)15-20-21-16(22(15)19)24-13(14(18)23)10-4-2-1-3-5-10/h1-9,13H,19H2,(H2,18,23). The summed E-state index contributed by atoms with van der Waals surface area (Å²) in [5, 5.41) is 7.72. The van der Waals surface area contributed by atoms with E-state index in [-0.39, 0.29) is 5.82 Å². The van der Waals surface area contributed by atoms with Gasteiger partial charge in [0.25, 0.3) is 0 Å². The molecule has 24 heavy (non-hydrogen) atoms. The number of nitrogens with two attached hydrogens (primary N) is 2. The topological polar surface area (TPSA) is 99.8 Å². The minimum Gasteiger partial charge on any atom is -0.368 e. The summed E-state index contributed by atoms with van der Waals surface area (Å²) < 4.78 is 14.3. The van der Waals surface area contributed by atoms with Crippen molar-refractivity contribution in [3.8, 4) is 11.4 Å². The van der Waals surface area contributed by atoms with Crippen LogP contribution in [0.4, 0.5) is 4.39 Å². The van der Waals surface area contributed by atoms with Crippen LogP contribution in [0, 0.1) is 5.82 Å². The van der Waals surface area contributed by atoms with Crippen molar-refractivity contribution < 1.29 is 9.18 Å². The van der Waals surface area contributed by atoms with Gasteiger partial charge in [-0.05, 0) is 29.8 Å². The molecule has 1 heterocycles. The number of rotatable bonds is 5. The molecule has 1 atom stereocenters. The molecule has 0 saturated heterocycles. The summed E-state index contributed by atoms with van der Waals surface area (Å²) in [4.78, 5) is 11.8. The quantitative estimate of drug-likeness (QED) is 0.546. The van der Waals surface area contributed by atoms with E-state index in [0.717, 1.165) is 17.3 Å². The number of carbonyl (C=O) groups excluding carboxylic acids is 1. The van der Waals surface area contributed by atoms with Crippen molar-refractivity contribution in [1.82, 2.24) is 14.9 Å². The zero-order chi connectivity index (χ0) is 17.1. The number of carbonyl (C=O) groups is 1. The van der Waals surface area contributed by atoms with Crippen LogP contribution in [0.3, 0.4) is 0 Å². The number of aromatic nitrogens is 3. The zero-order valence-corrected chi connectivity index (χ0v) is 13.3. The molecule has 1 unspecified atom stereocenters. The van der Waals surface area contributed by atoms with Gasteiger partial charge in [-0.1, -0.05) is 42.1 Å². The minimum atomic E-state index is -0.640. The Morgan fingerprint density at radius 1 is 1.08 bits per heavy atom. The van der Waals surface area contributed by atoms with Crippen molar-refractivity contribution in [2.45, 2.75) is 10.4 Å². The Labute approximate surface area is 141 Å². The molecule has 0 aliphatic rings. The first-order chi connectivity index (χ1) is 11.6. The van der Waals surface area contributed by atoms with E-state index in [9.17, 15) is 9.18 Å². The first-order valence-corrected chi connectivity index (χ1v) is 7.91. The van der Waals surface area contributed by atoms with Gasteiger partial charge in [0, 0.05) is 5.56 Å². The summed E-state index contributed by atoms with van der Waals surface area (Å²) in [5.41, 5.74) is 6.87. The lowest BCUT2D eigenvalue weighted by Crippen LogP contribution is -2.20. The number of benzene rings is 2. The van der Waals surface area contributed by atoms with Crippen LogP contribution in [-0.4, -0.2) is 20.8 Å². The molecule has 4 N–H and O–H groups in total. The lowest BCUT2D eigenvalue weighted by atomic mass is 10.1.